The lowest BCUT2D eigenvalue weighted by molar-refractivity contribution is 0.0625. The summed E-state index contributed by atoms with van der Waals surface area (Å²) in [6.07, 6.45) is 2.56. The van der Waals surface area contributed by atoms with Crippen molar-refractivity contribution in [1.29, 1.82) is 5.26 Å². The minimum absolute atomic E-state index is 0.128. The Hall–Kier alpha value is -2.33. The third-order valence-electron chi connectivity index (χ3n) is 5.71. The van der Waals surface area contributed by atoms with Gasteiger partial charge in [-0.2, -0.15) is 5.26 Å². The molecule has 0 aromatic heterocycles. The second-order valence-electron chi connectivity index (χ2n) is 7.82. The highest BCUT2D eigenvalue weighted by Gasteiger charge is 2.24. The van der Waals surface area contributed by atoms with Crippen molar-refractivity contribution in [1.82, 2.24) is 9.80 Å². The van der Waals surface area contributed by atoms with Gasteiger partial charge in [0.25, 0.3) is 5.91 Å². The predicted octanol–water partition coefficient (Wildman–Crippen LogP) is 3.79. The maximum atomic E-state index is 13.2. The highest BCUT2D eigenvalue weighted by molar-refractivity contribution is 7.99. The fraction of sp³-hybridized carbons (Fsp3) is 0.417. The van der Waals surface area contributed by atoms with Gasteiger partial charge in [0.15, 0.2) is 0 Å². The molecule has 4 rings (SSSR count). The Bertz CT molecular complexity index is 895. The van der Waals surface area contributed by atoms with Gasteiger partial charge in [-0.3, -0.25) is 9.69 Å². The molecule has 2 fully saturated rings. The van der Waals surface area contributed by atoms with Crippen LogP contribution in [-0.2, 0) is 11.3 Å². The van der Waals surface area contributed by atoms with Gasteiger partial charge >= 0.3 is 0 Å². The van der Waals surface area contributed by atoms with Crippen LogP contribution in [-0.4, -0.2) is 60.3 Å². The lowest BCUT2D eigenvalue weighted by Crippen LogP contribution is -2.48. The minimum Gasteiger partial charge on any atom is -0.377 e. The molecule has 2 aliphatic heterocycles. The molecular weight excluding hydrogens is 394 g/mol. The maximum Gasteiger partial charge on any atom is 0.255 e. The number of hydrogen-bond donors (Lipinski definition) is 0. The Balaban J connectivity index is 1.32. The molecule has 1 atom stereocenters. The Morgan fingerprint density at radius 3 is 2.57 bits per heavy atom. The summed E-state index contributed by atoms with van der Waals surface area (Å²) < 4.78 is 5.73. The third-order valence-corrected chi connectivity index (χ3v) is 6.92. The molecule has 156 valence electrons. The van der Waals surface area contributed by atoms with Crippen LogP contribution in [0.3, 0.4) is 0 Å². The summed E-state index contributed by atoms with van der Waals surface area (Å²) in [5.74, 6) is 1.03. The van der Waals surface area contributed by atoms with Crippen molar-refractivity contribution < 1.29 is 9.53 Å². The highest BCUT2D eigenvalue weighted by Crippen LogP contribution is 2.28. The molecule has 5 nitrogen and oxygen atoms in total. The largest absolute Gasteiger partial charge is 0.377 e. The van der Waals surface area contributed by atoms with E-state index >= 15 is 0 Å². The molecule has 0 aliphatic carbocycles. The maximum absolute atomic E-state index is 13.2. The molecule has 2 aromatic carbocycles. The lowest BCUT2D eigenvalue weighted by atomic mass is 10.1. The van der Waals surface area contributed by atoms with Gasteiger partial charge in [-0.25, -0.2) is 0 Å². The number of carbonyl (C=O) groups is 1. The Morgan fingerprint density at radius 1 is 1.10 bits per heavy atom. The number of benzene rings is 2. The fourth-order valence-corrected chi connectivity index (χ4v) is 5.06. The number of nitrogens with zero attached hydrogens (tertiary/aromatic N) is 3. The van der Waals surface area contributed by atoms with Crippen molar-refractivity contribution >= 4 is 17.7 Å². The Morgan fingerprint density at radius 2 is 1.87 bits per heavy atom. The van der Waals surface area contributed by atoms with Crippen LogP contribution in [0, 0.1) is 11.3 Å². The molecule has 2 aliphatic rings. The molecule has 0 saturated carbocycles. The van der Waals surface area contributed by atoms with E-state index in [0.717, 1.165) is 68.4 Å². The number of nitriles is 1. The van der Waals surface area contributed by atoms with Crippen LogP contribution in [0.15, 0.2) is 53.4 Å². The summed E-state index contributed by atoms with van der Waals surface area (Å²) in [6.45, 7) is 4.90. The molecule has 1 amide bonds. The summed E-state index contributed by atoms with van der Waals surface area (Å²) in [7, 11) is 0. The van der Waals surface area contributed by atoms with Crippen molar-refractivity contribution in [3.8, 4) is 6.07 Å². The van der Waals surface area contributed by atoms with Crippen molar-refractivity contribution in [3.05, 3.63) is 65.2 Å². The first-order chi connectivity index (χ1) is 14.7. The van der Waals surface area contributed by atoms with Gasteiger partial charge < -0.3 is 9.64 Å². The quantitative estimate of drug-likeness (QED) is 0.665. The zero-order valence-electron chi connectivity index (χ0n) is 17.1. The topological polar surface area (TPSA) is 56.6 Å². The Labute approximate surface area is 182 Å². The number of carbonyl (C=O) groups excluding carboxylic acids is 1. The molecule has 0 radical (unpaired) electrons. The summed E-state index contributed by atoms with van der Waals surface area (Å²) >= 11 is 1.74. The molecule has 0 bridgehead atoms. The van der Waals surface area contributed by atoms with Crippen molar-refractivity contribution in [2.75, 3.05) is 38.5 Å². The highest BCUT2D eigenvalue weighted by atomic mass is 32.2. The molecule has 0 N–H and O–H groups in total. The fourth-order valence-electron chi connectivity index (χ4n) is 3.95. The van der Waals surface area contributed by atoms with E-state index < -0.39 is 0 Å². The lowest BCUT2D eigenvalue weighted by Gasteiger charge is -2.35. The number of ether oxygens (including phenoxy) is 1. The van der Waals surface area contributed by atoms with Crippen molar-refractivity contribution in [2.45, 2.75) is 30.4 Å². The molecule has 30 heavy (non-hydrogen) atoms. The predicted molar refractivity (Wildman–Crippen MR) is 118 cm³/mol. The molecular formula is C24H27N3O2S. The molecule has 2 aromatic rings. The van der Waals surface area contributed by atoms with E-state index in [1.54, 1.807) is 11.8 Å². The van der Waals surface area contributed by atoms with E-state index in [4.69, 9.17) is 10.00 Å². The van der Waals surface area contributed by atoms with Crippen molar-refractivity contribution in [2.24, 2.45) is 0 Å². The summed E-state index contributed by atoms with van der Waals surface area (Å²) in [6, 6.07) is 17.9. The number of piperazine rings is 1. The van der Waals surface area contributed by atoms with Crippen LogP contribution in [0.25, 0.3) is 0 Å². The standard InChI is InChI=1S/C24H27N3O2S/c25-16-19-7-9-20(10-8-19)17-26-11-13-27(14-12-26)24(28)22-5-1-2-6-23(22)30-18-21-4-3-15-29-21/h1-2,5-10,21H,3-4,11-15,17-18H2/t21-/m0/s1. The van der Waals surface area contributed by atoms with Gasteiger partial charge in [0.05, 0.1) is 23.3 Å². The van der Waals surface area contributed by atoms with Crippen LogP contribution in [0.1, 0.15) is 34.3 Å². The van der Waals surface area contributed by atoms with Crippen LogP contribution in [0.5, 0.6) is 0 Å². The van der Waals surface area contributed by atoms with E-state index in [1.807, 2.05) is 53.4 Å². The summed E-state index contributed by atoms with van der Waals surface area (Å²) in [5.41, 5.74) is 2.69. The minimum atomic E-state index is 0.128. The monoisotopic (exact) mass is 421 g/mol. The van der Waals surface area contributed by atoms with Crippen LogP contribution < -0.4 is 0 Å². The van der Waals surface area contributed by atoms with Crippen LogP contribution in [0.2, 0.25) is 0 Å². The SMILES string of the molecule is N#Cc1ccc(CN2CCN(C(=O)c3ccccc3SC[C@@H]3CCCO3)CC2)cc1. The molecule has 0 spiro atoms. The first kappa shape index (κ1) is 20.9. The number of amides is 1. The van der Waals surface area contributed by atoms with Gasteiger partial charge in [0, 0.05) is 50.0 Å². The van der Waals surface area contributed by atoms with E-state index in [9.17, 15) is 4.79 Å². The van der Waals surface area contributed by atoms with Gasteiger partial charge in [-0.15, -0.1) is 11.8 Å². The zero-order valence-corrected chi connectivity index (χ0v) is 17.9. The van der Waals surface area contributed by atoms with Gasteiger partial charge in [-0.1, -0.05) is 24.3 Å². The normalized spacial score (nSPS) is 19.6. The van der Waals surface area contributed by atoms with E-state index in [2.05, 4.69) is 11.0 Å². The van der Waals surface area contributed by atoms with Gasteiger partial charge in [0.2, 0.25) is 0 Å². The average molecular weight is 422 g/mol. The van der Waals surface area contributed by atoms with E-state index in [1.165, 1.54) is 5.56 Å². The van der Waals surface area contributed by atoms with Crippen LogP contribution >= 0.6 is 11.8 Å². The molecule has 0 unspecified atom stereocenters. The number of rotatable bonds is 6. The molecule has 6 heteroatoms. The summed E-state index contributed by atoms with van der Waals surface area (Å²) in [4.78, 5) is 18.6. The smallest absolute Gasteiger partial charge is 0.255 e. The second-order valence-corrected chi connectivity index (χ2v) is 8.88. The summed E-state index contributed by atoms with van der Waals surface area (Å²) in [5, 5.41) is 8.93. The van der Waals surface area contributed by atoms with Gasteiger partial charge in [-0.05, 0) is 42.7 Å². The molecule has 2 saturated heterocycles. The van der Waals surface area contributed by atoms with E-state index in [0.29, 0.717) is 11.7 Å². The number of hydrogen-bond acceptors (Lipinski definition) is 5. The van der Waals surface area contributed by atoms with E-state index in [-0.39, 0.29) is 5.91 Å². The Kier molecular flexibility index (Phi) is 7.06. The molecule has 2 heterocycles. The average Bonchev–Trinajstić information content (AvgIpc) is 3.32. The second kappa shape index (κ2) is 10.1. The van der Waals surface area contributed by atoms with Crippen LogP contribution in [0.4, 0.5) is 0 Å². The van der Waals surface area contributed by atoms with Gasteiger partial charge in [0.1, 0.15) is 0 Å². The first-order valence-corrected chi connectivity index (χ1v) is 11.6. The zero-order chi connectivity index (χ0) is 20.8. The number of thioether (sulfide) groups is 1. The third kappa shape index (κ3) is 5.23. The first-order valence-electron chi connectivity index (χ1n) is 10.6. The van der Waals surface area contributed by atoms with Crippen molar-refractivity contribution in [3.63, 3.8) is 0 Å².